The average Bonchev–Trinajstić information content (AvgIpc) is 3.03. The van der Waals surface area contributed by atoms with Gasteiger partial charge in [-0.1, -0.05) is 48.4 Å². The van der Waals surface area contributed by atoms with E-state index in [9.17, 15) is 9.59 Å². The summed E-state index contributed by atoms with van der Waals surface area (Å²) in [5.41, 5.74) is 4.97. The molecule has 0 spiro atoms. The lowest BCUT2D eigenvalue weighted by Crippen LogP contribution is -2.54. The molecule has 2 unspecified atom stereocenters. The summed E-state index contributed by atoms with van der Waals surface area (Å²) >= 11 is 0. The quantitative estimate of drug-likeness (QED) is 0.360. The van der Waals surface area contributed by atoms with Gasteiger partial charge in [0, 0.05) is 44.0 Å². The van der Waals surface area contributed by atoms with Crippen molar-refractivity contribution in [2.24, 2.45) is 0 Å². The molecular weight excluding hydrogens is 526 g/mol. The standard InChI is InChI=1S/C35H39N3O4/c1-25-6-5-7-27(22-25)24-38-31-8-3-4-9-32(31)42-33(35(38)40)23-26-10-12-28(13-11-26)34(39)37-20-18-36(19-21-37)29-14-16-30(41-2)17-15-29/h5-7,10-17,22-23,31-32H,3-4,8-9,18-21,24H2,1-2H3/b33-23+. The fraction of sp³-hybridized carbons (Fsp3) is 0.371. The summed E-state index contributed by atoms with van der Waals surface area (Å²) in [6.45, 7) is 5.56. The minimum Gasteiger partial charge on any atom is -0.497 e. The van der Waals surface area contributed by atoms with Crippen LogP contribution in [-0.2, 0) is 16.1 Å². The third-order valence-electron chi connectivity index (χ3n) is 8.71. The van der Waals surface area contributed by atoms with Crippen molar-refractivity contribution in [2.45, 2.75) is 51.3 Å². The van der Waals surface area contributed by atoms with E-state index < -0.39 is 0 Å². The lowest BCUT2D eigenvalue weighted by Gasteiger charge is -2.44. The number of hydrogen-bond acceptors (Lipinski definition) is 5. The van der Waals surface area contributed by atoms with Crippen LogP contribution in [0.4, 0.5) is 5.69 Å². The highest BCUT2D eigenvalue weighted by molar-refractivity contribution is 5.97. The molecule has 7 heteroatoms. The average molecular weight is 566 g/mol. The Morgan fingerprint density at radius 2 is 1.69 bits per heavy atom. The van der Waals surface area contributed by atoms with Gasteiger partial charge in [0.2, 0.25) is 0 Å². The summed E-state index contributed by atoms with van der Waals surface area (Å²) in [4.78, 5) is 33.2. The van der Waals surface area contributed by atoms with Gasteiger partial charge in [-0.25, -0.2) is 0 Å². The van der Waals surface area contributed by atoms with Gasteiger partial charge in [0.1, 0.15) is 11.9 Å². The molecule has 7 nitrogen and oxygen atoms in total. The highest BCUT2D eigenvalue weighted by Gasteiger charge is 2.41. The van der Waals surface area contributed by atoms with Crippen molar-refractivity contribution in [1.29, 1.82) is 0 Å². The fourth-order valence-electron chi connectivity index (χ4n) is 6.39. The van der Waals surface area contributed by atoms with Crippen molar-refractivity contribution >= 4 is 23.6 Å². The molecule has 3 aliphatic rings. The first kappa shape index (κ1) is 27.9. The maximum absolute atomic E-state index is 13.7. The van der Waals surface area contributed by atoms with Gasteiger partial charge in [0.15, 0.2) is 5.76 Å². The van der Waals surface area contributed by atoms with Crippen LogP contribution in [0, 0.1) is 6.92 Å². The molecule has 1 aliphatic carbocycles. The summed E-state index contributed by atoms with van der Waals surface area (Å²) in [5, 5.41) is 0. The minimum atomic E-state index is -0.0606. The Balaban J connectivity index is 1.12. The third kappa shape index (κ3) is 6.01. The number of methoxy groups -OCH3 is 1. The van der Waals surface area contributed by atoms with Crippen LogP contribution in [0.25, 0.3) is 6.08 Å². The number of hydrogen-bond donors (Lipinski definition) is 0. The molecule has 0 radical (unpaired) electrons. The van der Waals surface area contributed by atoms with Crippen LogP contribution >= 0.6 is 0 Å². The Morgan fingerprint density at radius 1 is 0.952 bits per heavy atom. The molecule has 2 aliphatic heterocycles. The monoisotopic (exact) mass is 565 g/mol. The first-order chi connectivity index (χ1) is 20.5. The van der Waals surface area contributed by atoms with Crippen LogP contribution in [-0.4, -0.2) is 67.0 Å². The number of carbonyl (C=O) groups is 2. The highest BCUT2D eigenvalue weighted by Crippen LogP contribution is 2.34. The van der Waals surface area contributed by atoms with Crippen molar-refractivity contribution in [1.82, 2.24) is 9.80 Å². The second kappa shape index (κ2) is 12.3. The zero-order chi connectivity index (χ0) is 29.1. The van der Waals surface area contributed by atoms with Gasteiger partial charge in [0.05, 0.1) is 13.2 Å². The van der Waals surface area contributed by atoms with Gasteiger partial charge in [-0.15, -0.1) is 0 Å². The van der Waals surface area contributed by atoms with Crippen LogP contribution in [0.5, 0.6) is 5.75 Å². The number of fused-ring (bicyclic) bond motifs is 1. The van der Waals surface area contributed by atoms with Crippen molar-refractivity contribution < 1.29 is 19.1 Å². The first-order valence-corrected chi connectivity index (χ1v) is 15.0. The van der Waals surface area contributed by atoms with E-state index in [1.165, 1.54) is 5.56 Å². The number of amides is 2. The Kier molecular flexibility index (Phi) is 8.17. The fourth-order valence-corrected chi connectivity index (χ4v) is 6.39. The number of piperazine rings is 1. The van der Waals surface area contributed by atoms with Crippen LogP contribution in [0.15, 0.2) is 78.6 Å². The molecule has 0 N–H and O–H groups in total. The smallest absolute Gasteiger partial charge is 0.289 e. The van der Waals surface area contributed by atoms with Gasteiger partial charge in [-0.2, -0.15) is 0 Å². The van der Waals surface area contributed by atoms with E-state index in [0.29, 0.717) is 31.0 Å². The number of benzene rings is 3. The predicted octanol–water partition coefficient (Wildman–Crippen LogP) is 5.68. The maximum atomic E-state index is 13.7. The molecule has 218 valence electrons. The van der Waals surface area contributed by atoms with Gasteiger partial charge in [-0.3, -0.25) is 9.59 Å². The van der Waals surface area contributed by atoms with Gasteiger partial charge >= 0.3 is 0 Å². The topological polar surface area (TPSA) is 62.3 Å². The highest BCUT2D eigenvalue weighted by atomic mass is 16.5. The molecule has 2 saturated heterocycles. The Bertz CT molecular complexity index is 1440. The minimum absolute atomic E-state index is 0.0185. The molecule has 42 heavy (non-hydrogen) atoms. The van der Waals surface area contributed by atoms with E-state index in [2.05, 4.69) is 42.2 Å². The van der Waals surface area contributed by atoms with Crippen molar-refractivity contribution in [3.8, 4) is 5.75 Å². The summed E-state index contributed by atoms with van der Waals surface area (Å²) < 4.78 is 11.6. The van der Waals surface area contributed by atoms with E-state index >= 15 is 0 Å². The summed E-state index contributed by atoms with van der Waals surface area (Å²) in [6, 6.07) is 24.0. The lowest BCUT2D eigenvalue weighted by atomic mass is 9.89. The predicted molar refractivity (Wildman–Crippen MR) is 164 cm³/mol. The first-order valence-electron chi connectivity index (χ1n) is 15.0. The third-order valence-corrected chi connectivity index (χ3v) is 8.71. The number of morpholine rings is 1. The van der Waals surface area contributed by atoms with E-state index in [0.717, 1.165) is 61.3 Å². The van der Waals surface area contributed by atoms with Crippen LogP contribution in [0.3, 0.4) is 0 Å². The number of aryl methyl sites for hydroxylation is 1. The van der Waals surface area contributed by atoms with Gasteiger partial charge in [-0.05, 0) is 79.8 Å². The zero-order valence-corrected chi connectivity index (χ0v) is 24.5. The number of ether oxygens (including phenoxy) is 2. The summed E-state index contributed by atoms with van der Waals surface area (Å²) in [5.74, 6) is 1.20. The van der Waals surface area contributed by atoms with E-state index in [-0.39, 0.29) is 24.0 Å². The summed E-state index contributed by atoms with van der Waals surface area (Å²) in [6.07, 6.45) is 6.02. The molecule has 1 saturated carbocycles. The molecule has 6 rings (SSSR count). The molecule has 3 aromatic rings. The lowest BCUT2D eigenvalue weighted by molar-refractivity contribution is -0.149. The normalized spacial score (nSPS) is 21.6. The van der Waals surface area contributed by atoms with E-state index in [4.69, 9.17) is 9.47 Å². The molecule has 3 fully saturated rings. The van der Waals surface area contributed by atoms with Crippen molar-refractivity contribution in [2.75, 3.05) is 38.2 Å². The molecular formula is C35H39N3O4. The second-order valence-corrected chi connectivity index (χ2v) is 11.5. The maximum Gasteiger partial charge on any atom is 0.289 e. The zero-order valence-electron chi connectivity index (χ0n) is 24.5. The number of carbonyl (C=O) groups excluding carboxylic acids is 2. The second-order valence-electron chi connectivity index (χ2n) is 11.5. The summed E-state index contributed by atoms with van der Waals surface area (Å²) in [7, 11) is 1.67. The van der Waals surface area contributed by atoms with Crippen LogP contribution in [0.1, 0.15) is 52.7 Å². The van der Waals surface area contributed by atoms with E-state index in [1.807, 2.05) is 58.3 Å². The van der Waals surface area contributed by atoms with Crippen LogP contribution in [0.2, 0.25) is 0 Å². The van der Waals surface area contributed by atoms with Gasteiger partial charge in [0.25, 0.3) is 11.8 Å². The Morgan fingerprint density at radius 3 is 2.40 bits per heavy atom. The van der Waals surface area contributed by atoms with Gasteiger partial charge < -0.3 is 24.2 Å². The molecule has 2 atom stereocenters. The Hall–Kier alpha value is -4.26. The molecule has 0 aromatic heterocycles. The van der Waals surface area contributed by atoms with Crippen molar-refractivity contribution in [3.63, 3.8) is 0 Å². The molecule has 0 bridgehead atoms. The number of anilines is 1. The largest absolute Gasteiger partial charge is 0.497 e. The molecule has 3 aromatic carbocycles. The molecule has 2 amide bonds. The van der Waals surface area contributed by atoms with Crippen LogP contribution < -0.4 is 9.64 Å². The number of nitrogens with zero attached hydrogens (tertiary/aromatic N) is 3. The SMILES string of the molecule is COc1ccc(N2CCN(C(=O)c3ccc(/C=C4/OC5CCCCC5N(Cc5cccc(C)c5)C4=O)cc3)CC2)cc1. The van der Waals surface area contributed by atoms with E-state index in [1.54, 1.807) is 7.11 Å². The molecule has 2 heterocycles. The number of rotatable bonds is 6. The Labute approximate surface area is 248 Å². The van der Waals surface area contributed by atoms with Crippen molar-refractivity contribution in [3.05, 3.63) is 101 Å².